The number of anilines is 1. The maximum atomic E-state index is 11.6. The van der Waals surface area contributed by atoms with Gasteiger partial charge in [-0.3, -0.25) is 9.48 Å². The molecular weight excluding hydrogens is 561 g/mol. The number of nitrogens with zero attached hydrogens (tertiary/aromatic N) is 7. The molecule has 0 radical (unpaired) electrons. The van der Waals surface area contributed by atoms with Crippen molar-refractivity contribution >= 4 is 46.9 Å². The van der Waals surface area contributed by atoms with Gasteiger partial charge >= 0.3 is 12.1 Å². The summed E-state index contributed by atoms with van der Waals surface area (Å²) in [6.07, 6.45) is 6.02. The summed E-state index contributed by atoms with van der Waals surface area (Å²) in [5.74, 6) is -1.58. The summed E-state index contributed by atoms with van der Waals surface area (Å²) in [7, 11) is 0. The highest BCUT2D eigenvalue weighted by molar-refractivity contribution is 8.03. The number of thioether (sulfide) groups is 1. The molecular formula is C23H22ClF3N8O3S. The molecule has 16 heteroatoms. The number of piperidine rings is 1. The van der Waals surface area contributed by atoms with Gasteiger partial charge in [-0.05, 0) is 25.0 Å². The fraction of sp³-hybridized carbons (Fsp3) is 0.391. The van der Waals surface area contributed by atoms with Crippen molar-refractivity contribution in [2.75, 3.05) is 24.5 Å². The number of aliphatic carboxylic acids is 1. The van der Waals surface area contributed by atoms with Crippen LogP contribution < -0.4 is 10.6 Å². The number of amidine groups is 1. The van der Waals surface area contributed by atoms with Crippen LogP contribution in [-0.4, -0.2) is 73.3 Å². The Morgan fingerprint density at radius 2 is 1.95 bits per heavy atom. The minimum absolute atomic E-state index is 0.0364. The number of allylic oxidation sites excluding steroid dienone is 1. The van der Waals surface area contributed by atoms with Crippen molar-refractivity contribution in [1.82, 2.24) is 24.6 Å². The third-order valence-corrected chi connectivity index (χ3v) is 8.44. The number of carbonyl (C=O) groups excluding carboxylic acids is 1. The number of amides is 1. The Bertz CT molecular complexity index is 1380. The molecule has 6 rings (SSSR count). The van der Waals surface area contributed by atoms with E-state index in [1.54, 1.807) is 11.1 Å². The average molecular weight is 583 g/mol. The van der Waals surface area contributed by atoms with Gasteiger partial charge in [0.15, 0.2) is 5.84 Å². The molecule has 4 aliphatic rings. The summed E-state index contributed by atoms with van der Waals surface area (Å²) >= 11 is 7.87. The minimum atomic E-state index is -5.08. The standard InChI is InChI=1S/C21H21ClN8OS.C2HF3O2/c22-18-14(2-6-29-11-16(31)27-20(18)29)32-17-10-24-15(9-25-17)28-7-3-21(4-8-28)12-30-13(19(21)23)1-5-26-30;3-2(4,5)1(6)7/h1-2,5-6,9-10,19H,3-4,7-8,11-12,23H2;(H,6,7)/t19-;/m1./s1. The van der Waals surface area contributed by atoms with Crippen LogP contribution in [0.1, 0.15) is 24.6 Å². The number of hydrogen-bond acceptors (Lipinski definition) is 9. The first-order chi connectivity index (χ1) is 18.5. The van der Waals surface area contributed by atoms with E-state index in [1.807, 2.05) is 30.7 Å². The van der Waals surface area contributed by atoms with E-state index in [4.69, 9.17) is 27.2 Å². The lowest BCUT2D eigenvalue weighted by atomic mass is 9.73. The molecule has 0 bridgehead atoms. The molecule has 6 heterocycles. The molecule has 1 saturated heterocycles. The van der Waals surface area contributed by atoms with Crippen molar-refractivity contribution in [3.8, 4) is 0 Å². The van der Waals surface area contributed by atoms with Crippen molar-refractivity contribution < 1.29 is 27.9 Å². The third kappa shape index (κ3) is 5.38. The van der Waals surface area contributed by atoms with E-state index in [-0.39, 0.29) is 23.9 Å². The molecule has 0 saturated carbocycles. The van der Waals surface area contributed by atoms with E-state index in [1.165, 1.54) is 11.8 Å². The molecule has 1 fully saturated rings. The molecule has 1 atom stereocenters. The van der Waals surface area contributed by atoms with E-state index in [9.17, 15) is 18.0 Å². The quantitative estimate of drug-likeness (QED) is 0.554. The number of nitrogens with two attached hydrogens (primary N) is 1. The van der Waals surface area contributed by atoms with Gasteiger partial charge in [0.05, 0.1) is 29.2 Å². The molecule has 2 aromatic heterocycles. The number of carboxylic acids is 1. The zero-order valence-electron chi connectivity index (χ0n) is 20.2. The summed E-state index contributed by atoms with van der Waals surface area (Å²) in [5, 5.41) is 12.7. The van der Waals surface area contributed by atoms with Crippen molar-refractivity contribution in [2.24, 2.45) is 16.1 Å². The second-order valence-corrected chi connectivity index (χ2v) is 10.7. The first-order valence-electron chi connectivity index (χ1n) is 11.8. The van der Waals surface area contributed by atoms with Crippen LogP contribution in [0.3, 0.4) is 0 Å². The minimum Gasteiger partial charge on any atom is -0.475 e. The Balaban J connectivity index is 0.000000392. The topological polar surface area (TPSA) is 143 Å². The number of aromatic nitrogens is 4. The van der Waals surface area contributed by atoms with Gasteiger partial charge in [0.2, 0.25) is 0 Å². The van der Waals surface area contributed by atoms with E-state index in [0.29, 0.717) is 10.9 Å². The number of aliphatic imine (C=N–C) groups is 1. The van der Waals surface area contributed by atoms with Gasteiger partial charge in [0.1, 0.15) is 17.4 Å². The molecule has 4 aliphatic heterocycles. The summed E-state index contributed by atoms with van der Waals surface area (Å²) in [5.41, 5.74) is 7.80. The zero-order valence-corrected chi connectivity index (χ0v) is 21.7. The van der Waals surface area contributed by atoms with Crippen molar-refractivity contribution in [3.05, 3.63) is 52.6 Å². The Morgan fingerprint density at radius 3 is 2.56 bits per heavy atom. The van der Waals surface area contributed by atoms with Crippen LogP contribution in [0.5, 0.6) is 0 Å². The Labute approximate surface area is 229 Å². The fourth-order valence-corrected chi connectivity index (χ4v) is 5.97. The lowest BCUT2D eigenvalue weighted by Gasteiger charge is -2.41. The summed E-state index contributed by atoms with van der Waals surface area (Å²) in [6, 6.07) is 2.07. The normalized spacial score (nSPS) is 21.5. The predicted molar refractivity (Wildman–Crippen MR) is 136 cm³/mol. The number of rotatable bonds is 3. The molecule has 0 aromatic carbocycles. The first kappa shape index (κ1) is 27.1. The highest BCUT2D eigenvalue weighted by Gasteiger charge is 2.47. The molecule has 0 aliphatic carbocycles. The maximum absolute atomic E-state index is 11.6. The second-order valence-electron chi connectivity index (χ2n) is 9.31. The Hall–Kier alpha value is -3.43. The van der Waals surface area contributed by atoms with Crippen LogP contribution in [0.2, 0.25) is 0 Å². The Kier molecular flexibility index (Phi) is 7.15. The second kappa shape index (κ2) is 10.3. The molecule has 1 amide bonds. The highest BCUT2D eigenvalue weighted by atomic mass is 35.5. The fourth-order valence-electron chi connectivity index (χ4n) is 4.89. The number of hydrogen-bond donors (Lipinski definition) is 2. The smallest absolute Gasteiger partial charge is 0.475 e. The van der Waals surface area contributed by atoms with Crippen LogP contribution >= 0.6 is 23.4 Å². The summed E-state index contributed by atoms with van der Waals surface area (Å²) < 4.78 is 33.8. The molecule has 3 N–H and O–H groups in total. The van der Waals surface area contributed by atoms with Crippen molar-refractivity contribution in [3.63, 3.8) is 0 Å². The molecule has 39 heavy (non-hydrogen) atoms. The Morgan fingerprint density at radius 1 is 1.23 bits per heavy atom. The van der Waals surface area contributed by atoms with E-state index in [2.05, 4.69) is 29.6 Å². The molecule has 2 aromatic rings. The van der Waals surface area contributed by atoms with Crippen LogP contribution in [0, 0.1) is 5.41 Å². The summed E-state index contributed by atoms with van der Waals surface area (Å²) in [4.78, 5) is 38.5. The first-order valence-corrected chi connectivity index (χ1v) is 12.9. The van der Waals surface area contributed by atoms with Crippen LogP contribution in [-0.2, 0) is 16.1 Å². The summed E-state index contributed by atoms with van der Waals surface area (Å²) in [6.45, 7) is 2.91. The average Bonchev–Trinajstić information content (AvgIpc) is 3.57. The van der Waals surface area contributed by atoms with E-state index in [0.717, 1.165) is 53.9 Å². The number of halogens is 4. The SMILES string of the molecule is N[C@@H]1c2ccnn2CC12CCN(c1cnc(SC3=C(Cl)C4=NC(=O)CN4C=C3)cn1)CC2.O=C(O)C(F)(F)F. The number of carbonyl (C=O) groups is 2. The lowest BCUT2D eigenvalue weighted by Crippen LogP contribution is -2.45. The van der Waals surface area contributed by atoms with Gasteiger partial charge in [0.25, 0.3) is 5.91 Å². The highest BCUT2D eigenvalue weighted by Crippen LogP contribution is 2.47. The van der Waals surface area contributed by atoms with Crippen molar-refractivity contribution in [1.29, 1.82) is 0 Å². The molecule has 1 spiro atoms. The van der Waals surface area contributed by atoms with E-state index < -0.39 is 12.1 Å². The number of carboxylic acid groups (broad SMARTS) is 1. The van der Waals surface area contributed by atoms with Crippen LogP contribution in [0.25, 0.3) is 0 Å². The van der Waals surface area contributed by atoms with Gasteiger partial charge in [-0.25, -0.2) is 14.8 Å². The number of fused-ring (bicyclic) bond motifs is 2. The van der Waals surface area contributed by atoms with Gasteiger partial charge < -0.3 is 20.6 Å². The van der Waals surface area contributed by atoms with Gasteiger partial charge in [-0.2, -0.15) is 23.3 Å². The van der Waals surface area contributed by atoms with Gasteiger partial charge in [-0.15, -0.1) is 0 Å². The third-order valence-electron chi connectivity index (χ3n) is 6.97. The van der Waals surface area contributed by atoms with Crippen LogP contribution in [0.15, 0.2) is 56.9 Å². The molecule has 0 unspecified atom stereocenters. The maximum Gasteiger partial charge on any atom is 0.490 e. The largest absolute Gasteiger partial charge is 0.490 e. The van der Waals surface area contributed by atoms with E-state index >= 15 is 0 Å². The van der Waals surface area contributed by atoms with Crippen molar-refractivity contribution in [2.45, 2.75) is 36.6 Å². The molecule has 206 valence electrons. The van der Waals surface area contributed by atoms with Crippen LogP contribution in [0.4, 0.5) is 19.0 Å². The monoisotopic (exact) mass is 582 g/mol. The predicted octanol–water partition coefficient (Wildman–Crippen LogP) is 2.92. The number of alkyl halides is 3. The van der Waals surface area contributed by atoms with Gasteiger partial charge in [-0.1, -0.05) is 23.4 Å². The van der Waals surface area contributed by atoms with Gasteiger partial charge in [0, 0.05) is 42.4 Å². The molecule has 11 nitrogen and oxygen atoms in total. The zero-order chi connectivity index (χ0) is 27.9. The lowest BCUT2D eigenvalue weighted by molar-refractivity contribution is -0.192.